The molecule has 0 bridgehead atoms. The van der Waals surface area contributed by atoms with Crippen molar-refractivity contribution in [1.29, 1.82) is 0 Å². The minimum absolute atomic E-state index is 0.0737. The Bertz CT molecular complexity index is 672. The molecule has 1 aliphatic heterocycles. The van der Waals surface area contributed by atoms with E-state index in [2.05, 4.69) is 5.32 Å². The first-order valence-electron chi connectivity index (χ1n) is 8.97. The molecule has 1 amide bonds. The highest BCUT2D eigenvalue weighted by Crippen LogP contribution is 2.24. The average molecular weight is 377 g/mol. The number of nitrogens with one attached hydrogen (secondary N) is 1. The lowest BCUT2D eigenvalue weighted by atomic mass is 9.92. The summed E-state index contributed by atoms with van der Waals surface area (Å²) in [6, 6.07) is 9.19. The molecule has 1 aromatic carbocycles. The van der Waals surface area contributed by atoms with Crippen LogP contribution in [0, 0.1) is 0 Å². The zero-order valence-electron chi connectivity index (χ0n) is 15.9. The van der Waals surface area contributed by atoms with Gasteiger partial charge in [-0.3, -0.25) is 0 Å². The fourth-order valence-electron chi connectivity index (χ4n) is 2.76. The van der Waals surface area contributed by atoms with Gasteiger partial charge in [-0.2, -0.15) is 0 Å². The molecule has 1 saturated heterocycles. The Morgan fingerprint density at radius 1 is 1.37 bits per heavy atom. The predicted octanol–water partition coefficient (Wildman–Crippen LogP) is 3.24. The van der Waals surface area contributed by atoms with Gasteiger partial charge in [0, 0.05) is 0 Å². The molecule has 0 unspecified atom stereocenters. The van der Waals surface area contributed by atoms with E-state index in [1.54, 1.807) is 19.1 Å². The van der Waals surface area contributed by atoms with E-state index in [0.717, 1.165) is 5.56 Å². The van der Waals surface area contributed by atoms with Crippen molar-refractivity contribution in [2.45, 2.75) is 57.6 Å². The molecule has 1 heterocycles. The van der Waals surface area contributed by atoms with E-state index in [-0.39, 0.29) is 25.6 Å². The lowest BCUT2D eigenvalue weighted by molar-refractivity contribution is -0.144. The third-order valence-corrected chi connectivity index (χ3v) is 4.41. The minimum atomic E-state index is -1.45. The molecule has 2 atom stereocenters. The monoisotopic (exact) mass is 377 g/mol. The Hall–Kier alpha value is -2.38. The van der Waals surface area contributed by atoms with Crippen LogP contribution >= 0.6 is 0 Å². The van der Waals surface area contributed by atoms with Gasteiger partial charge >= 0.3 is 12.1 Å². The van der Waals surface area contributed by atoms with E-state index in [0.29, 0.717) is 6.61 Å². The predicted molar refractivity (Wildman–Crippen MR) is 99.1 cm³/mol. The second kappa shape index (κ2) is 9.01. The van der Waals surface area contributed by atoms with Gasteiger partial charge in [-0.1, -0.05) is 49.4 Å². The highest BCUT2D eigenvalue weighted by Gasteiger charge is 2.38. The first-order valence-corrected chi connectivity index (χ1v) is 8.97. The Morgan fingerprint density at radius 3 is 2.63 bits per heavy atom. The van der Waals surface area contributed by atoms with E-state index in [9.17, 15) is 14.7 Å². The Balaban J connectivity index is 1.94. The number of alkyl carbamates (subject to hydrolysis) is 1. The molecule has 0 aliphatic carbocycles. The third kappa shape index (κ3) is 6.08. The van der Waals surface area contributed by atoms with Crippen LogP contribution < -0.4 is 5.32 Å². The van der Waals surface area contributed by atoms with Crippen LogP contribution in [0.2, 0.25) is 0 Å². The van der Waals surface area contributed by atoms with Crippen LogP contribution in [-0.4, -0.2) is 41.2 Å². The molecule has 0 saturated carbocycles. The molecule has 7 heteroatoms. The van der Waals surface area contributed by atoms with Crippen molar-refractivity contribution in [2.24, 2.45) is 0 Å². The number of hydrogen-bond acceptors (Lipinski definition) is 5. The van der Waals surface area contributed by atoms with Gasteiger partial charge in [0.1, 0.15) is 18.2 Å². The van der Waals surface area contributed by atoms with Crippen molar-refractivity contribution < 1.29 is 28.9 Å². The molecular weight excluding hydrogens is 350 g/mol. The molecule has 2 rings (SSSR count). The van der Waals surface area contributed by atoms with Crippen LogP contribution in [0.1, 0.15) is 39.2 Å². The summed E-state index contributed by atoms with van der Waals surface area (Å²) < 4.78 is 16.3. The zero-order chi connectivity index (χ0) is 19.9. The Morgan fingerprint density at radius 2 is 2.07 bits per heavy atom. The van der Waals surface area contributed by atoms with Crippen molar-refractivity contribution in [2.75, 3.05) is 6.61 Å². The van der Waals surface area contributed by atoms with Gasteiger partial charge in [-0.25, -0.2) is 9.59 Å². The Kier molecular flexibility index (Phi) is 6.98. The SMILES string of the molecule is CC[C@@](C/C=C/[C@H]1COC(C)(C)O1)(NC(=O)OCc1ccccc1)C(=O)O. The maximum atomic E-state index is 12.1. The summed E-state index contributed by atoms with van der Waals surface area (Å²) in [6.45, 7) is 5.82. The molecule has 1 aromatic rings. The number of benzene rings is 1. The van der Waals surface area contributed by atoms with Crippen LogP contribution in [-0.2, 0) is 25.6 Å². The fraction of sp³-hybridized carbons (Fsp3) is 0.500. The number of aliphatic carboxylic acids is 1. The number of amides is 1. The molecule has 7 nitrogen and oxygen atoms in total. The number of carbonyl (C=O) groups is 2. The van der Waals surface area contributed by atoms with Crippen LogP contribution in [0.4, 0.5) is 4.79 Å². The van der Waals surface area contributed by atoms with Crippen LogP contribution in [0.25, 0.3) is 0 Å². The second-order valence-corrected chi connectivity index (χ2v) is 6.93. The molecule has 1 aliphatic rings. The molecule has 27 heavy (non-hydrogen) atoms. The van der Waals surface area contributed by atoms with E-state index >= 15 is 0 Å². The number of carbonyl (C=O) groups excluding carboxylic acids is 1. The number of rotatable bonds is 8. The summed E-state index contributed by atoms with van der Waals surface area (Å²) >= 11 is 0. The van der Waals surface area contributed by atoms with E-state index in [4.69, 9.17) is 14.2 Å². The summed E-state index contributed by atoms with van der Waals surface area (Å²) in [5, 5.41) is 12.2. The molecule has 1 fully saturated rings. The number of carboxylic acid groups (broad SMARTS) is 1. The standard InChI is InChI=1S/C20H27NO6/c1-4-20(17(22)23,12-8-11-16-14-26-19(2,3)27-16)21-18(24)25-13-15-9-6-5-7-10-15/h5-11,16H,4,12-14H2,1-3H3,(H,21,24)(H,22,23)/b11-8+/t16-,20-/m0/s1. The molecular formula is C20H27NO6. The van der Waals surface area contributed by atoms with Crippen LogP contribution in [0.15, 0.2) is 42.5 Å². The molecule has 0 aromatic heterocycles. The topological polar surface area (TPSA) is 94.1 Å². The lowest BCUT2D eigenvalue weighted by Crippen LogP contribution is -2.54. The highest BCUT2D eigenvalue weighted by atomic mass is 16.7. The van der Waals surface area contributed by atoms with Crippen molar-refractivity contribution in [3.8, 4) is 0 Å². The summed E-state index contributed by atoms with van der Waals surface area (Å²) in [4.78, 5) is 24.0. The first kappa shape index (κ1) is 20.9. The van der Waals surface area contributed by atoms with Gasteiger partial charge in [0.05, 0.1) is 6.61 Å². The van der Waals surface area contributed by atoms with Gasteiger partial charge < -0.3 is 24.6 Å². The molecule has 2 N–H and O–H groups in total. The van der Waals surface area contributed by atoms with Gasteiger partial charge in [0.2, 0.25) is 0 Å². The lowest BCUT2D eigenvalue weighted by Gasteiger charge is -2.28. The van der Waals surface area contributed by atoms with Crippen molar-refractivity contribution >= 4 is 12.1 Å². The highest BCUT2D eigenvalue weighted by molar-refractivity contribution is 5.84. The van der Waals surface area contributed by atoms with Gasteiger partial charge in [0.25, 0.3) is 0 Å². The van der Waals surface area contributed by atoms with Gasteiger partial charge in [-0.15, -0.1) is 0 Å². The maximum Gasteiger partial charge on any atom is 0.408 e. The summed E-state index contributed by atoms with van der Waals surface area (Å²) in [7, 11) is 0. The fourth-order valence-corrected chi connectivity index (χ4v) is 2.76. The molecule has 148 valence electrons. The number of carboxylic acids is 1. The minimum Gasteiger partial charge on any atom is -0.479 e. The third-order valence-electron chi connectivity index (χ3n) is 4.41. The number of hydrogen-bond donors (Lipinski definition) is 2. The van der Waals surface area contributed by atoms with Crippen molar-refractivity contribution in [1.82, 2.24) is 5.32 Å². The average Bonchev–Trinajstić information content (AvgIpc) is 2.98. The van der Waals surface area contributed by atoms with E-state index in [1.807, 2.05) is 44.2 Å². The Labute approximate surface area is 159 Å². The van der Waals surface area contributed by atoms with Crippen LogP contribution in [0.3, 0.4) is 0 Å². The smallest absolute Gasteiger partial charge is 0.408 e. The summed E-state index contributed by atoms with van der Waals surface area (Å²) in [5.41, 5.74) is -0.620. The largest absolute Gasteiger partial charge is 0.479 e. The summed E-state index contributed by atoms with van der Waals surface area (Å²) in [5.74, 6) is -1.77. The van der Waals surface area contributed by atoms with Crippen molar-refractivity contribution in [3.63, 3.8) is 0 Å². The van der Waals surface area contributed by atoms with Crippen LogP contribution in [0.5, 0.6) is 0 Å². The van der Waals surface area contributed by atoms with E-state index in [1.165, 1.54) is 0 Å². The van der Waals surface area contributed by atoms with E-state index < -0.39 is 23.4 Å². The zero-order valence-corrected chi connectivity index (χ0v) is 15.9. The maximum absolute atomic E-state index is 12.1. The molecule has 0 radical (unpaired) electrons. The second-order valence-electron chi connectivity index (χ2n) is 6.93. The van der Waals surface area contributed by atoms with Gasteiger partial charge in [0.15, 0.2) is 5.79 Å². The quantitative estimate of drug-likeness (QED) is 0.676. The first-order chi connectivity index (χ1) is 12.8. The summed E-state index contributed by atoms with van der Waals surface area (Å²) in [6.07, 6.45) is 2.77. The normalized spacial score (nSPS) is 20.9. The number of ether oxygens (including phenoxy) is 3. The van der Waals surface area contributed by atoms with Gasteiger partial charge in [-0.05, 0) is 32.3 Å². The van der Waals surface area contributed by atoms with Crippen molar-refractivity contribution in [3.05, 3.63) is 48.0 Å². The molecule has 0 spiro atoms.